The number of methoxy groups -OCH3 is 2. The summed E-state index contributed by atoms with van der Waals surface area (Å²) in [6, 6.07) is 5.42. The molecule has 2 N–H and O–H groups in total. The van der Waals surface area contributed by atoms with Gasteiger partial charge in [0.2, 0.25) is 5.91 Å². The van der Waals surface area contributed by atoms with Crippen LogP contribution >= 0.6 is 0 Å². The summed E-state index contributed by atoms with van der Waals surface area (Å²) in [5, 5.41) is 0. The number of rotatable bonds is 6. The number of ether oxygens (including phenoxy) is 2. The van der Waals surface area contributed by atoms with Gasteiger partial charge in [0, 0.05) is 38.3 Å². The third-order valence-corrected chi connectivity index (χ3v) is 4.57. The highest BCUT2D eigenvalue weighted by molar-refractivity contribution is 5.82. The van der Waals surface area contributed by atoms with Crippen LogP contribution in [-0.2, 0) is 11.3 Å². The number of carbonyl (C=O) groups is 1. The minimum absolute atomic E-state index is 0.0589. The summed E-state index contributed by atoms with van der Waals surface area (Å²) in [5.74, 6) is 1.90. The van der Waals surface area contributed by atoms with E-state index in [4.69, 9.17) is 15.2 Å². The maximum absolute atomic E-state index is 12.3. The lowest BCUT2D eigenvalue weighted by atomic mass is 10.0. The van der Waals surface area contributed by atoms with Gasteiger partial charge in [0.05, 0.1) is 20.3 Å². The van der Waals surface area contributed by atoms with E-state index < -0.39 is 6.04 Å². The van der Waals surface area contributed by atoms with Gasteiger partial charge in [-0.15, -0.1) is 0 Å². The minimum Gasteiger partial charge on any atom is -0.497 e. The van der Waals surface area contributed by atoms with Crippen molar-refractivity contribution in [2.45, 2.75) is 26.4 Å². The number of benzene rings is 1. The number of nitrogens with two attached hydrogens (primary N) is 1. The van der Waals surface area contributed by atoms with Gasteiger partial charge in [-0.25, -0.2) is 0 Å². The van der Waals surface area contributed by atoms with Crippen molar-refractivity contribution in [3.05, 3.63) is 23.8 Å². The van der Waals surface area contributed by atoms with Crippen LogP contribution in [0.3, 0.4) is 0 Å². The topological polar surface area (TPSA) is 68.0 Å². The van der Waals surface area contributed by atoms with Crippen molar-refractivity contribution in [3.63, 3.8) is 0 Å². The van der Waals surface area contributed by atoms with Crippen LogP contribution < -0.4 is 15.2 Å². The Morgan fingerprint density at radius 3 is 2.38 bits per heavy atom. The molecule has 1 heterocycles. The molecule has 0 bridgehead atoms. The molecule has 6 nitrogen and oxygen atoms in total. The molecule has 1 amide bonds. The second-order valence-corrected chi connectivity index (χ2v) is 6.55. The van der Waals surface area contributed by atoms with Crippen molar-refractivity contribution >= 4 is 5.91 Å². The molecule has 1 aliphatic heterocycles. The van der Waals surface area contributed by atoms with Gasteiger partial charge in [-0.3, -0.25) is 9.69 Å². The quantitative estimate of drug-likeness (QED) is 0.849. The molecule has 0 aromatic heterocycles. The fourth-order valence-corrected chi connectivity index (χ4v) is 2.87. The van der Waals surface area contributed by atoms with Crippen LogP contribution in [0.4, 0.5) is 0 Å². The first-order valence-electron chi connectivity index (χ1n) is 8.44. The van der Waals surface area contributed by atoms with Gasteiger partial charge in [-0.05, 0) is 24.1 Å². The fraction of sp³-hybridized carbons (Fsp3) is 0.611. The highest BCUT2D eigenvalue weighted by Gasteiger charge is 2.27. The molecule has 0 saturated carbocycles. The first-order valence-corrected chi connectivity index (χ1v) is 8.44. The van der Waals surface area contributed by atoms with Gasteiger partial charge < -0.3 is 20.1 Å². The maximum atomic E-state index is 12.3. The molecule has 134 valence electrons. The molecule has 1 atom stereocenters. The monoisotopic (exact) mass is 335 g/mol. The second kappa shape index (κ2) is 8.35. The first kappa shape index (κ1) is 18.5. The molecule has 1 saturated heterocycles. The largest absolute Gasteiger partial charge is 0.497 e. The van der Waals surface area contributed by atoms with Gasteiger partial charge in [0.25, 0.3) is 0 Å². The third kappa shape index (κ3) is 4.39. The molecule has 0 spiro atoms. The molecule has 1 fully saturated rings. The van der Waals surface area contributed by atoms with E-state index in [9.17, 15) is 4.79 Å². The van der Waals surface area contributed by atoms with Crippen LogP contribution in [0.2, 0.25) is 0 Å². The van der Waals surface area contributed by atoms with Crippen molar-refractivity contribution in [2.24, 2.45) is 11.7 Å². The average molecular weight is 335 g/mol. The summed E-state index contributed by atoms with van der Waals surface area (Å²) >= 11 is 0. The van der Waals surface area contributed by atoms with Crippen molar-refractivity contribution in [1.82, 2.24) is 9.80 Å². The van der Waals surface area contributed by atoms with Crippen molar-refractivity contribution in [3.8, 4) is 11.5 Å². The predicted molar refractivity (Wildman–Crippen MR) is 94.2 cm³/mol. The summed E-state index contributed by atoms with van der Waals surface area (Å²) in [5.41, 5.74) is 7.08. The summed E-state index contributed by atoms with van der Waals surface area (Å²) in [7, 11) is 3.34. The SMILES string of the molecule is COc1ccc(OC)c(CN2CCN(C(=O)[C@@H](N)C(C)C)CC2)c1. The Balaban J connectivity index is 1.95. The Morgan fingerprint density at radius 1 is 1.17 bits per heavy atom. The molecule has 0 radical (unpaired) electrons. The van der Waals surface area contributed by atoms with Crippen LogP contribution in [-0.4, -0.2) is 62.1 Å². The van der Waals surface area contributed by atoms with Gasteiger partial charge >= 0.3 is 0 Å². The van der Waals surface area contributed by atoms with E-state index in [1.54, 1.807) is 14.2 Å². The standard InChI is InChI=1S/C18H29N3O3/c1-13(2)17(19)18(22)21-9-7-20(8-10-21)12-14-11-15(23-3)5-6-16(14)24-4/h5-6,11,13,17H,7-10,12,19H2,1-4H3/t17-/m0/s1. The molecule has 6 heteroatoms. The summed E-state index contributed by atoms with van der Waals surface area (Å²) < 4.78 is 10.7. The van der Waals surface area contributed by atoms with Gasteiger partial charge in [-0.1, -0.05) is 13.8 Å². The van der Waals surface area contributed by atoms with E-state index >= 15 is 0 Å². The first-order chi connectivity index (χ1) is 11.5. The zero-order valence-corrected chi connectivity index (χ0v) is 15.1. The van der Waals surface area contributed by atoms with E-state index in [2.05, 4.69) is 4.90 Å². The number of hydrogen-bond acceptors (Lipinski definition) is 5. The Bertz CT molecular complexity index is 554. The molecule has 0 aliphatic carbocycles. The van der Waals surface area contributed by atoms with Crippen LogP contribution in [0.1, 0.15) is 19.4 Å². The van der Waals surface area contributed by atoms with Crippen LogP contribution in [0.5, 0.6) is 11.5 Å². The number of nitrogens with zero attached hydrogens (tertiary/aromatic N) is 2. The average Bonchev–Trinajstić information content (AvgIpc) is 2.60. The van der Waals surface area contributed by atoms with E-state index in [1.807, 2.05) is 36.9 Å². The van der Waals surface area contributed by atoms with E-state index in [-0.39, 0.29) is 11.8 Å². The second-order valence-electron chi connectivity index (χ2n) is 6.55. The minimum atomic E-state index is -0.407. The number of piperazine rings is 1. The molecule has 24 heavy (non-hydrogen) atoms. The van der Waals surface area contributed by atoms with Crippen LogP contribution in [0.15, 0.2) is 18.2 Å². The molecular weight excluding hydrogens is 306 g/mol. The van der Waals surface area contributed by atoms with E-state index in [1.165, 1.54) is 0 Å². The van der Waals surface area contributed by atoms with Gasteiger partial charge in [-0.2, -0.15) is 0 Å². The molecule has 1 aromatic carbocycles. The van der Waals surface area contributed by atoms with Crippen molar-refractivity contribution in [2.75, 3.05) is 40.4 Å². The van der Waals surface area contributed by atoms with Crippen molar-refractivity contribution < 1.29 is 14.3 Å². The predicted octanol–water partition coefficient (Wildman–Crippen LogP) is 1.33. The summed E-state index contributed by atoms with van der Waals surface area (Å²) in [6.45, 7) is 7.82. The molecule has 1 aromatic rings. The summed E-state index contributed by atoms with van der Waals surface area (Å²) in [6.07, 6.45) is 0. The number of carbonyl (C=O) groups excluding carboxylic acids is 1. The lowest BCUT2D eigenvalue weighted by Gasteiger charge is -2.36. The maximum Gasteiger partial charge on any atom is 0.239 e. The summed E-state index contributed by atoms with van der Waals surface area (Å²) in [4.78, 5) is 16.5. The zero-order valence-electron chi connectivity index (χ0n) is 15.1. The smallest absolute Gasteiger partial charge is 0.239 e. The Labute approximate surface area is 144 Å². The lowest BCUT2D eigenvalue weighted by molar-refractivity contribution is -0.135. The Kier molecular flexibility index (Phi) is 6.45. The molecule has 2 rings (SSSR count). The van der Waals surface area contributed by atoms with Crippen molar-refractivity contribution in [1.29, 1.82) is 0 Å². The lowest BCUT2D eigenvalue weighted by Crippen LogP contribution is -2.54. The van der Waals surface area contributed by atoms with Gasteiger partial charge in [0.1, 0.15) is 11.5 Å². The number of amides is 1. The molecule has 0 unspecified atom stereocenters. The fourth-order valence-electron chi connectivity index (χ4n) is 2.87. The highest BCUT2D eigenvalue weighted by atomic mass is 16.5. The Hall–Kier alpha value is -1.79. The van der Waals surface area contributed by atoms with Gasteiger partial charge in [0.15, 0.2) is 0 Å². The molecular formula is C18H29N3O3. The third-order valence-electron chi connectivity index (χ3n) is 4.57. The Morgan fingerprint density at radius 2 is 1.83 bits per heavy atom. The normalized spacial score (nSPS) is 17.0. The van der Waals surface area contributed by atoms with E-state index in [0.717, 1.165) is 36.7 Å². The highest BCUT2D eigenvalue weighted by Crippen LogP contribution is 2.25. The number of hydrogen-bond donors (Lipinski definition) is 1. The molecule has 1 aliphatic rings. The van der Waals surface area contributed by atoms with E-state index in [0.29, 0.717) is 13.1 Å². The van der Waals surface area contributed by atoms with Crippen LogP contribution in [0, 0.1) is 5.92 Å². The zero-order chi connectivity index (χ0) is 17.7. The van der Waals surface area contributed by atoms with Crippen LogP contribution in [0.25, 0.3) is 0 Å².